The summed E-state index contributed by atoms with van der Waals surface area (Å²) in [5.41, 5.74) is -1.65. The van der Waals surface area contributed by atoms with Crippen molar-refractivity contribution in [3.8, 4) is 5.75 Å². The van der Waals surface area contributed by atoms with Crippen LogP contribution in [0.2, 0.25) is 5.02 Å². The second-order valence-electron chi connectivity index (χ2n) is 17.2. The smallest absolute Gasteiger partial charge is 0.328 e. The largest absolute Gasteiger partial charge is 0.495 e. The van der Waals surface area contributed by atoms with E-state index in [1.165, 1.54) is 24.0 Å². The normalized spacial score (nSPS) is 29.4. The highest BCUT2D eigenvalue weighted by molar-refractivity contribution is 6.35. The number of fused-ring (bicyclic) bond motifs is 5. The molecule has 1 aromatic rings. The molecule has 2 fully saturated rings. The number of anilines is 1. The van der Waals surface area contributed by atoms with Crippen LogP contribution in [-0.4, -0.2) is 104 Å². The minimum Gasteiger partial charge on any atom is -0.495 e. The highest BCUT2D eigenvalue weighted by atomic mass is 35.5. The second-order valence-corrected chi connectivity index (χ2v) is 17.5. The topological polar surface area (TPSA) is 144 Å². The summed E-state index contributed by atoms with van der Waals surface area (Å²) in [5.74, 6) is -1.53. The summed E-state index contributed by atoms with van der Waals surface area (Å²) in [5, 5.41) is 12.2. The zero-order chi connectivity index (χ0) is 40.6. The van der Waals surface area contributed by atoms with E-state index in [4.69, 9.17) is 35.3 Å². The van der Waals surface area contributed by atoms with Crippen molar-refractivity contribution in [2.24, 2.45) is 10.8 Å². The maximum atomic E-state index is 14.2. The van der Waals surface area contributed by atoms with Crippen LogP contribution in [0, 0.1) is 10.8 Å². The maximum absolute atomic E-state index is 14.2. The van der Waals surface area contributed by atoms with Crippen molar-refractivity contribution >= 4 is 41.0 Å². The van der Waals surface area contributed by atoms with Crippen molar-refractivity contribution in [2.45, 2.75) is 136 Å². The molecule has 54 heavy (non-hydrogen) atoms. The third-order valence-electron chi connectivity index (χ3n) is 11.2. The van der Waals surface area contributed by atoms with E-state index in [0.717, 1.165) is 11.1 Å². The third-order valence-corrected chi connectivity index (χ3v) is 11.6. The third kappa shape index (κ3) is 9.49. The van der Waals surface area contributed by atoms with Crippen molar-refractivity contribution in [1.29, 1.82) is 0 Å². The first-order valence-corrected chi connectivity index (χ1v) is 18.9. The molecular weight excluding hydrogens is 716 g/mol. The monoisotopic (exact) mass is 774 g/mol. The van der Waals surface area contributed by atoms with Crippen LogP contribution in [0.4, 0.5) is 5.69 Å². The van der Waals surface area contributed by atoms with Crippen molar-refractivity contribution in [2.75, 3.05) is 33.2 Å². The van der Waals surface area contributed by atoms with Crippen LogP contribution in [0.3, 0.4) is 0 Å². The Hall–Kier alpha value is -3.45. The molecule has 3 aliphatic rings. The number of methoxy groups -OCH3 is 2. The fraction of sp³-hybridized carbons (Fsp3) is 0.659. The van der Waals surface area contributed by atoms with E-state index in [-0.39, 0.29) is 42.0 Å². The molecule has 2 amide bonds. The zero-order valence-electron chi connectivity index (χ0n) is 33.9. The van der Waals surface area contributed by atoms with Crippen molar-refractivity contribution in [3.05, 3.63) is 46.5 Å². The number of ether oxygens (including phenoxy) is 5. The van der Waals surface area contributed by atoms with Crippen LogP contribution in [0.1, 0.15) is 93.1 Å². The van der Waals surface area contributed by atoms with Gasteiger partial charge < -0.3 is 38.6 Å². The van der Waals surface area contributed by atoms with Crippen LogP contribution in [-0.2, 0) is 44.5 Å². The molecule has 2 saturated heterocycles. The summed E-state index contributed by atoms with van der Waals surface area (Å²) >= 11 is 6.79. The molecular formula is C41H59ClN2O10. The first kappa shape index (κ1) is 43.3. The standard InChI is InChI=1S/C41H59ClN2O10/c1-24-14-13-15-29(51-12)41(49)22-31(52-34(47)23-41)39(6,7)37-40(8,54-37)30(53-36(48)25(2)43(9)32(45)16-17-38(3,4)5)21-33(46)44(10)27-19-26(18-24)20-28(50-11)35(27)42/h13-15,19-20,25,29-31,37,49H,16-18,21-23H2,1-12H3/t25-,29+,30-,31-,37-,40-,41+/m0/s1. The molecule has 0 saturated carbocycles. The molecule has 0 spiro atoms. The number of carbonyl (C=O) groups excluding carboxylic acids is 4. The molecule has 4 rings (SSSR count). The number of carbonyl (C=O) groups is 4. The van der Waals surface area contributed by atoms with Gasteiger partial charge in [0.15, 0.2) is 0 Å². The molecule has 3 aliphatic heterocycles. The van der Waals surface area contributed by atoms with E-state index < -0.39 is 64.9 Å². The van der Waals surface area contributed by atoms with Gasteiger partial charge in [-0.2, -0.15) is 0 Å². The van der Waals surface area contributed by atoms with Gasteiger partial charge in [0.05, 0.1) is 31.7 Å². The first-order valence-electron chi connectivity index (χ1n) is 18.5. The number of nitrogens with zero attached hydrogens (tertiary/aromatic N) is 2. The zero-order valence-corrected chi connectivity index (χ0v) is 34.7. The molecule has 0 unspecified atom stereocenters. The lowest BCUT2D eigenvalue weighted by Crippen LogP contribution is -2.56. The van der Waals surface area contributed by atoms with E-state index in [0.29, 0.717) is 24.3 Å². The van der Waals surface area contributed by atoms with Crippen LogP contribution < -0.4 is 9.64 Å². The SMILES string of the molecule is COc1cc2cc(c1Cl)N(C)C(=O)C[C@H](OC(=O)[C@H](C)N(C)C(=O)CCC(C)(C)C)[C@]1(C)O[C@H]1C(C)(C)[C@@H]1C[C@@](O)(CC(=O)O1)[C@H](OC)C=CC=C(C)C2. The molecule has 300 valence electrons. The van der Waals surface area contributed by atoms with Gasteiger partial charge in [0.2, 0.25) is 11.8 Å². The molecule has 1 N–H and O–H groups in total. The van der Waals surface area contributed by atoms with E-state index in [9.17, 15) is 24.3 Å². The number of likely N-dealkylation sites (N-methyl/N-ethyl adjacent to an activating group) is 1. The Morgan fingerprint density at radius 3 is 2.44 bits per heavy atom. The summed E-state index contributed by atoms with van der Waals surface area (Å²) in [7, 11) is 6.13. The number of halogens is 1. The molecule has 1 aromatic carbocycles. The summed E-state index contributed by atoms with van der Waals surface area (Å²) < 4.78 is 29.8. The molecule has 4 bridgehead atoms. The van der Waals surface area contributed by atoms with Gasteiger partial charge in [-0.05, 0) is 56.7 Å². The number of epoxide rings is 1. The highest BCUT2D eigenvalue weighted by Crippen LogP contribution is 2.55. The van der Waals surface area contributed by atoms with Gasteiger partial charge in [-0.15, -0.1) is 0 Å². The minimum atomic E-state index is -1.60. The molecule has 13 heteroatoms. The van der Waals surface area contributed by atoms with Gasteiger partial charge in [-0.3, -0.25) is 14.4 Å². The van der Waals surface area contributed by atoms with Gasteiger partial charge in [0.1, 0.15) is 46.3 Å². The molecule has 3 heterocycles. The number of aliphatic hydroxyl groups is 1. The highest BCUT2D eigenvalue weighted by Gasteiger charge is 2.68. The van der Waals surface area contributed by atoms with Crippen molar-refractivity contribution < 1.29 is 48.0 Å². The maximum Gasteiger partial charge on any atom is 0.328 e. The van der Waals surface area contributed by atoms with Crippen molar-refractivity contribution in [1.82, 2.24) is 4.90 Å². The molecule has 0 radical (unpaired) electrons. The van der Waals surface area contributed by atoms with Gasteiger partial charge >= 0.3 is 11.9 Å². The van der Waals surface area contributed by atoms with Crippen LogP contribution >= 0.6 is 11.6 Å². The lowest BCUT2D eigenvalue weighted by Gasteiger charge is -2.44. The lowest BCUT2D eigenvalue weighted by atomic mass is 9.70. The predicted molar refractivity (Wildman–Crippen MR) is 205 cm³/mol. The minimum absolute atomic E-state index is 0.0436. The Morgan fingerprint density at radius 1 is 1.17 bits per heavy atom. The molecule has 12 nitrogen and oxygen atoms in total. The molecule has 0 aliphatic carbocycles. The first-order chi connectivity index (χ1) is 25.0. The summed E-state index contributed by atoms with van der Waals surface area (Å²) in [6.07, 6.45) is 2.76. The number of rotatable bonds is 7. The quantitative estimate of drug-likeness (QED) is 0.260. The molecule has 0 aromatic heterocycles. The Balaban J connectivity index is 1.78. The number of allylic oxidation sites excluding steroid dienone is 3. The summed E-state index contributed by atoms with van der Waals surface area (Å²) in [6, 6.07) is 2.66. The van der Waals surface area contributed by atoms with E-state index >= 15 is 0 Å². The average molecular weight is 775 g/mol. The number of benzene rings is 1. The van der Waals surface area contributed by atoms with Crippen LogP contribution in [0.5, 0.6) is 5.75 Å². The number of hydrogen-bond acceptors (Lipinski definition) is 10. The Morgan fingerprint density at radius 2 is 1.83 bits per heavy atom. The van der Waals surface area contributed by atoms with Gasteiger partial charge in [-0.25, -0.2) is 4.79 Å². The van der Waals surface area contributed by atoms with E-state index in [1.807, 2.05) is 53.7 Å². The van der Waals surface area contributed by atoms with Crippen LogP contribution in [0.25, 0.3) is 0 Å². The number of esters is 2. The average Bonchev–Trinajstić information content (AvgIpc) is 3.80. The van der Waals surface area contributed by atoms with Gasteiger partial charge in [0, 0.05) is 39.5 Å². The van der Waals surface area contributed by atoms with Gasteiger partial charge in [-0.1, -0.05) is 70.0 Å². The van der Waals surface area contributed by atoms with Crippen molar-refractivity contribution in [3.63, 3.8) is 0 Å². The number of hydrogen-bond donors (Lipinski definition) is 1. The number of amides is 2. The fourth-order valence-corrected chi connectivity index (χ4v) is 7.73. The fourth-order valence-electron chi connectivity index (χ4n) is 7.42. The molecule has 7 atom stereocenters. The second kappa shape index (κ2) is 16.3. The lowest BCUT2D eigenvalue weighted by molar-refractivity contribution is -0.194. The Kier molecular flexibility index (Phi) is 13.1. The predicted octanol–water partition coefficient (Wildman–Crippen LogP) is 5.98. The van der Waals surface area contributed by atoms with Gasteiger partial charge in [0.25, 0.3) is 0 Å². The van der Waals surface area contributed by atoms with E-state index in [2.05, 4.69) is 0 Å². The van der Waals surface area contributed by atoms with Crippen LogP contribution in [0.15, 0.2) is 35.9 Å². The Labute approximate surface area is 325 Å². The summed E-state index contributed by atoms with van der Waals surface area (Å²) in [4.78, 5) is 57.1. The summed E-state index contributed by atoms with van der Waals surface area (Å²) in [6.45, 7) is 15.1. The van der Waals surface area contributed by atoms with E-state index in [1.54, 1.807) is 46.2 Å². The Bertz CT molecular complexity index is 1670.